The van der Waals surface area contributed by atoms with E-state index in [1.54, 1.807) is 0 Å². The average Bonchev–Trinajstić information content (AvgIpc) is 2.78. The van der Waals surface area contributed by atoms with Crippen LogP contribution in [0, 0.1) is 5.41 Å². The van der Waals surface area contributed by atoms with E-state index in [1.807, 2.05) is 0 Å². The lowest BCUT2D eigenvalue weighted by atomic mass is 9.79. The van der Waals surface area contributed by atoms with Crippen LogP contribution in [-0.4, -0.2) is 6.54 Å². The fourth-order valence-corrected chi connectivity index (χ4v) is 3.14. The summed E-state index contributed by atoms with van der Waals surface area (Å²) in [6.45, 7) is 0.760. The summed E-state index contributed by atoms with van der Waals surface area (Å²) in [6.07, 6.45) is 3.32. The molecule has 0 aliphatic heterocycles. The van der Waals surface area contributed by atoms with Gasteiger partial charge in [0, 0.05) is 0 Å². The maximum Gasteiger partial charge on any atom is -0.00109 e. The molecule has 0 amide bonds. The van der Waals surface area contributed by atoms with Crippen molar-refractivity contribution in [3.63, 3.8) is 0 Å². The van der Waals surface area contributed by atoms with E-state index in [9.17, 15) is 0 Å². The summed E-state index contributed by atoms with van der Waals surface area (Å²) in [5, 5.41) is 0. The fourth-order valence-electron chi connectivity index (χ4n) is 3.14. The molecule has 0 atom stereocenters. The minimum atomic E-state index is 0.227. The maximum atomic E-state index is 6.10. The molecule has 1 aliphatic rings. The first-order chi connectivity index (χ1) is 8.81. The molecule has 1 heteroatoms. The Balaban J connectivity index is 1.86. The second kappa shape index (κ2) is 4.58. The van der Waals surface area contributed by atoms with Gasteiger partial charge in [-0.3, -0.25) is 0 Å². The number of benzene rings is 2. The van der Waals surface area contributed by atoms with E-state index < -0.39 is 0 Å². The van der Waals surface area contributed by atoms with Crippen molar-refractivity contribution < 1.29 is 0 Å². The lowest BCUT2D eigenvalue weighted by Crippen LogP contribution is -2.33. The summed E-state index contributed by atoms with van der Waals surface area (Å²) in [4.78, 5) is 0. The molecule has 0 saturated heterocycles. The molecule has 0 unspecified atom stereocenters. The van der Waals surface area contributed by atoms with Crippen LogP contribution in [-0.2, 0) is 19.3 Å². The van der Waals surface area contributed by atoms with Gasteiger partial charge in [-0.25, -0.2) is 0 Å². The SMILES string of the molecule is NCC1(Cc2ccccc2)Cc2ccccc2C1. The zero-order chi connectivity index (χ0) is 12.4. The molecular weight excluding hydrogens is 218 g/mol. The molecule has 2 aromatic rings. The van der Waals surface area contributed by atoms with E-state index in [1.165, 1.54) is 16.7 Å². The van der Waals surface area contributed by atoms with E-state index in [4.69, 9.17) is 5.73 Å². The van der Waals surface area contributed by atoms with Gasteiger partial charge in [0.1, 0.15) is 0 Å². The fraction of sp³-hybridized carbons (Fsp3) is 0.294. The highest BCUT2D eigenvalue weighted by Gasteiger charge is 2.35. The van der Waals surface area contributed by atoms with Crippen LogP contribution in [0.2, 0.25) is 0 Å². The molecule has 0 fully saturated rings. The molecule has 0 radical (unpaired) electrons. The number of fused-ring (bicyclic) bond motifs is 1. The Labute approximate surface area is 109 Å². The highest BCUT2D eigenvalue weighted by molar-refractivity contribution is 5.35. The van der Waals surface area contributed by atoms with Crippen LogP contribution in [0.4, 0.5) is 0 Å². The lowest BCUT2D eigenvalue weighted by Gasteiger charge is -2.27. The van der Waals surface area contributed by atoms with E-state index in [0.717, 1.165) is 25.8 Å². The molecule has 0 saturated carbocycles. The third kappa shape index (κ3) is 2.06. The van der Waals surface area contributed by atoms with Crippen LogP contribution in [0.25, 0.3) is 0 Å². The third-order valence-corrected chi connectivity index (χ3v) is 4.10. The van der Waals surface area contributed by atoms with Crippen molar-refractivity contribution in [1.29, 1.82) is 0 Å². The van der Waals surface area contributed by atoms with E-state index in [-0.39, 0.29) is 5.41 Å². The Morgan fingerprint density at radius 2 is 1.39 bits per heavy atom. The summed E-state index contributed by atoms with van der Waals surface area (Å²) in [7, 11) is 0. The van der Waals surface area contributed by atoms with Crippen molar-refractivity contribution >= 4 is 0 Å². The van der Waals surface area contributed by atoms with Gasteiger partial charge in [-0.15, -0.1) is 0 Å². The lowest BCUT2D eigenvalue weighted by molar-refractivity contribution is 0.315. The molecule has 3 rings (SSSR count). The van der Waals surface area contributed by atoms with Gasteiger partial charge in [-0.2, -0.15) is 0 Å². The summed E-state index contributed by atoms with van der Waals surface area (Å²) >= 11 is 0. The Hall–Kier alpha value is -1.60. The molecule has 92 valence electrons. The summed E-state index contributed by atoms with van der Waals surface area (Å²) < 4.78 is 0. The average molecular weight is 237 g/mol. The maximum absolute atomic E-state index is 6.10. The second-order valence-electron chi connectivity index (χ2n) is 5.49. The summed E-state index contributed by atoms with van der Waals surface area (Å²) in [5.41, 5.74) is 10.7. The van der Waals surface area contributed by atoms with Gasteiger partial charge >= 0.3 is 0 Å². The number of hydrogen-bond acceptors (Lipinski definition) is 1. The largest absolute Gasteiger partial charge is 0.330 e. The van der Waals surface area contributed by atoms with Gasteiger partial charge < -0.3 is 5.73 Å². The molecule has 0 heterocycles. The van der Waals surface area contributed by atoms with Crippen molar-refractivity contribution in [2.45, 2.75) is 19.3 Å². The quantitative estimate of drug-likeness (QED) is 0.872. The molecule has 0 spiro atoms. The minimum absolute atomic E-state index is 0.227. The van der Waals surface area contributed by atoms with Gasteiger partial charge in [0.05, 0.1) is 0 Å². The van der Waals surface area contributed by atoms with Crippen molar-refractivity contribution in [2.75, 3.05) is 6.54 Å². The first-order valence-corrected chi connectivity index (χ1v) is 6.62. The van der Waals surface area contributed by atoms with Gasteiger partial charge in [0.15, 0.2) is 0 Å². The van der Waals surface area contributed by atoms with Crippen molar-refractivity contribution in [2.24, 2.45) is 11.1 Å². The highest BCUT2D eigenvalue weighted by atomic mass is 14.6. The minimum Gasteiger partial charge on any atom is -0.330 e. The van der Waals surface area contributed by atoms with Gasteiger partial charge in [0.25, 0.3) is 0 Å². The molecule has 0 bridgehead atoms. The standard InChI is InChI=1S/C17H19N/c18-13-17(10-14-6-2-1-3-7-14)11-15-8-4-5-9-16(15)12-17/h1-9H,10-13,18H2. The first kappa shape index (κ1) is 11.5. The predicted octanol–water partition coefficient (Wildman–Crippen LogP) is 2.97. The number of hydrogen-bond donors (Lipinski definition) is 1. The van der Waals surface area contributed by atoms with Crippen LogP contribution in [0.3, 0.4) is 0 Å². The Morgan fingerprint density at radius 1 is 0.833 bits per heavy atom. The van der Waals surface area contributed by atoms with Crippen LogP contribution in [0.5, 0.6) is 0 Å². The Bertz CT molecular complexity index is 505. The van der Waals surface area contributed by atoms with E-state index in [0.29, 0.717) is 0 Å². The van der Waals surface area contributed by atoms with Crippen LogP contribution >= 0.6 is 0 Å². The number of nitrogens with two attached hydrogens (primary N) is 1. The monoisotopic (exact) mass is 237 g/mol. The summed E-state index contributed by atoms with van der Waals surface area (Å²) in [5.74, 6) is 0. The topological polar surface area (TPSA) is 26.0 Å². The third-order valence-electron chi connectivity index (χ3n) is 4.10. The zero-order valence-electron chi connectivity index (χ0n) is 10.6. The second-order valence-corrected chi connectivity index (χ2v) is 5.49. The first-order valence-electron chi connectivity index (χ1n) is 6.62. The smallest absolute Gasteiger partial charge is 0.00109 e. The van der Waals surface area contributed by atoms with Crippen LogP contribution in [0.1, 0.15) is 16.7 Å². The van der Waals surface area contributed by atoms with E-state index >= 15 is 0 Å². The van der Waals surface area contributed by atoms with Gasteiger partial charge in [0.2, 0.25) is 0 Å². The molecule has 2 aromatic carbocycles. The van der Waals surface area contributed by atoms with Crippen LogP contribution < -0.4 is 5.73 Å². The molecular formula is C17H19N. The van der Waals surface area contributed by atoms with Crippen molar-refractivity contribution in [1.82, 2.24) is 0 Å². The Kier molecular flexibility index (Phi) is 2.92. The van der Waals surface area contributed by atoms with Gasteiger partial charge in [-0.05, 0) is 47.9 Å². The van der Waals surface area contributed by atoms with Crippen molar-refractivity contribution in [3.05, 3.63) is 71.3 Å². The molecule has 0 aromatic heterocycles. The molecule has 1 aliphatic carbocycles. The molecule has 2 N–H and O–H groups in total. The van der Waals surface area contributed by atoms with Crippen LogP contribution in [0.15, 0.2) is 54.6 Å². The molecule has 18 heavy (non-hydrogen) atoms. The van der Waals surface area contributed by atoms with Gasteiger partial charge in [-0.1, -0.05) is 54.6 Å². The predicted molar refractivity (Wildman–Crippen MR) is 75.5 cm³/mol. The normalized spacial score (nSPS) is 16.5. The summed E-state index contributed by atoms with van der Waals surface area (Å²) in [6, 6.07) is 19.5. The number of rotatable bonds is 3. The van der Waals surface area contributed by atoms with Crippen molar-refractivity contribution in [3.8, 4) is 0 Å². The Morgan fingerprint density at radius 3 is 1.94 bits per heavy atom. The van der Waals surface area contributed by atoms with E-state index in [2.05, 4.69) is 54.6 Å². The zero-order valence-corrected chi connectivity index (χ0v) is 10.6. The molecule has 1 nitrogen and oxygen atoms in total. The highest BCUT2D eigenvalue weighted by Crippen LogP contribution is 2.38.